The largest absolute Gasteiger partial charge is 0.400 e. The highest BCUT2D eigenvalue weighted by Crippen LogP contribution is 2.46. The summed E-state index contributed by atoms with van der Waals surface area (Å²) in [5.41, 5.74) is 4.94. The van der Waals surface area contributed by atoms with Crippen LogP contribution in [0, 0.1) is 6.57 Å². The molecule has 242 valence electrons. The molecule has 10 heteroatoms. The molecule has 49 heavy (non-hydrogen) atoms. The second kappa shape index (κ2) is 11.8. The number of nitrogens with zero attached hydrogens (tertiary/aromatic N) is 6. The van der Waals surface area contributed by atoms with Gasteiger partial charge in [-0.15, -0.1) is 0 Å². The molecule has 1 aliphatic rings. The number of H-pyrrole nitrogens is 1. The van der Waals surface area contributed by atoms with Gasteiger partial charge in [-0.05, 0) is 51.5 Å². The second-order valence-corrected chi connectivity index (χ2v) is 17.9. The molecule has 3 aromatic heterocycles. The van der Waals surface area contributed by atoms with Crippen molar-refractivity contribution in [3.63, 3.8) is 0 Å². The molecule has 0 spiro atoms. The van der Waals surface area contributed by atoms with E-state index in [4.69, 9.17) is 16.0 Å². The standard InChI is InChI=1S/C39H35N7O2Si/c1-39(2,3)49(27-13-7-5-8-14-27,28-15-9-6-10-16-28)48-35-22-21-33(29-17-11-12-18-30(29)35)46-36-32(43-38(46)47)24-41-37(44-36)45-25-42-31-20-19-26(40-4)23-34(31)45/h5-20,23-25,33,35H,21-22H2,1-3H3,(H,43,47)/t33-,35-/m1/s1. The Kier molecular flexibility index (Phi) is 7.39. The zero-order valence-electron chi connectivity index (χ0n) is 27.5. The summed E-state index contributed by atoms with van der Waals surface area (Å²) >= 11 is 0. The summed E-state index contributed by atoms with van der Waals surface area (Å²) < 4.78 is 11.2. The maximum absolute atomic E-state index is 13.7. The van der Waals surface area contributed by atoms with E-state index in [9.17, 15) is 4.79 Å². The molecule has 0 unspecified atom stereocenters. The molecule has 9 nitrogen and oxygen atoms in total. The van der Waals surface area contributed by atoms with Crippen molar-refractivity contribution in [3.05, 3.63) is 149 Å². The molecule has 7 aromatic rings. The van der Waals surface area contributed by atoms with E-state index in [1.165, 1.54) is 10.4 Å². The van der Waals surface area contributed by atoms with Gasteiger partial charge in [0.05, 0.1) is 35.9 Å². The summed E-state index contributed by atoms with van der Waals surface area (Å²) in [4.78, 5) is 34.3. The number of nitrogens with one attached hydrogen (secondary N) is 1. The molecule has 4 aromatic carbocycles. The number of benzene rings is 4. The first-order valence-corrected chi connectivity index (χ1v) is 18.4. The Morgan fingerprint density at radius 3 is 2.22 bits per heavy atom. The minimum absolute atomic E-state index is 0.168. The van der Waals surface area contributed by atoms with Crippen LogP contribution in [-0.2, 0) is 4.43 Å². The predicted octanol–water partition coefficient (Wildman–Crippen LogP) is 7.01. The smallest absolute Gasteiger partial charge is 0.328 e. The molecule has 0 aliphatic heterocycles. The van der Waals surface area contributed by atoms with Crippen LogP contribution in [0.25, 0.3) is 33.0 Å². The second-order valence-electron chi connectivity index (χ2n) is 13.6. The van der Waals surface area contributed by atoms with Crippen LogP contribution in [0.1, 0.15) is 56.9 Å². The molecule has 2 atom stereocenters. The van der Waals surface area contributed by atoms with Gasteiger partial charge in [0.1, 0.15) is 11.8 Å². The number of imidazole rings is 2. The van der Waals surface area contributed by atoms with E-state index >= 15 is 0 Å². The number of hydrogen-bond donors (Lipinski definition) is 1. The topological polar surface area (TPSA) is 95.0 Å². The third-order valence-electron chi connectivity index (χ3n) is 9.77. The lowest BCUT2D eigenvalue weighted by atomic mass is 9.85. The summed E-state index contributed by atoms with van der Waals surface area (Å²) in [5, 5.41) is 2.30. The quantitative estimate of drug-likeness (QED) is 0.153. The van der Waals surface area contributed by atoms with Gasteiger partial charge in [0, 0.05) is 0 Å². The molecular weight excluding hydrogens is 627 g/mol. The predicted molar refractivity (Wildman–Crippen MR) is 194 cm³/mol. The van der Waals surface area contributed by atoms with Gasteiger partial charge in [0.2, 0.25) is 5.95 Å². The molecule has 0 fully saturated rings. The first-order chi connectivity index (χ1) is 23.8. The van der Waals surface area contributed by atoms with Crippen molar-refractivity contribution >= 4 is 46.6 Å². The molecular formula is C39H35N7O2Si. The molecule has 8 rings (SSSR count). The zero-order chi connectivity index (χ0) is 33.8. The van der Waals surface area contributed by atoms with Crippen LogP contribution in [0.4, 0.5) is 5.69 Å². The van der Waals surface area contributed by atoms with Crippen LogP contribution in [0.5, 0.6) is 0 Å². The normalized spacial score (nSPS) is 16.4. The highest BCUT2D eigenvalue weighted by Gasteiger charge is 2.52. The first kappa shape index (κ1) is 30.7. The molecule has 3 heterocycles. The molecule has 0 amide bonds. The summed E-state index contributed by atoms with van der Waals surface area (Å²) in [6.45, 7) is 14.3. The lowest BCUT2D eigenvalue weighted by molar-refractivity contribution is 0.160. The minimum Gasteiger partial charge on any atom is -0.400 e. The SMILES string of the molecule is [C-]#[N+]c1ccc2ncn(-c3ncc4[nH]c(=O)n([C@@H]5CC[C@@H](O[Si](c6ccccc6)(c6ccccc6)C(C)(C)C)c6ccccc65)c4n3)c2c1. The summed E-state index contributed by atoms with van der Waals surface area (Å²) in [7, 11) is -2.84. The van der Waals surface area contributed by atoms with Crippen molar-refractivity contribution in [3.8, 4) is 5.95 Å². The maximum atomic E-state index is 13.7. The average Bonchev–Trinajstić information content (AvgIpc) is 3.70. The summed E-state index contributed by atoms with van der Waals surface area (Å²) in [5.74, 6) is 0.377. The monoisotopic (exact) mass is 661 g/mol. The maximum Gasteiger partial charge on any atom is 0.328 e. The van der Waals surface area contributed by atoms with Crippen molar-refractivity contribution in [2.75, 3.05) is 0 Å². The Morgan fingerprint density at radius 1 is 0.878 bits per heavy atom. The lowest BCUT2D eigenvalue weighted by Crippen LogP contribution is -2.67. The van der Waals surface area contributed by atoms with Crippen LogP contribution in [0.15, 0.2) is 120 Å². The average molecular weight is 662 g/mol. The van der Waals surface area contributed by atoms with Crippen molar-refractivity contribution in [1.29, 1.82) is 0 Å². The van der Waals surface area contributed by atoms with E-state index in [2.05, 4.69) is 119 Å². The zero-order valence-corrected chi connectivity index (χ0v) is 28.5. The Morgan fingerprint density at radius 2 is 1.55 bits per heavy atom. The number of rotatable bonds is 6. The van der Waals surface area contributed by atoms with Crippen LogP contribution in [-0.4, -0.2) is 37.4 Å². The number of fused-ring (bicyclic) bond motifs is 3. The fraction of sp³-hybridized carbons (Fsp3) is 0.205. The van der Waals surface area contributed by atoms with Crippen LogP contribution in [0.3, 0.4) is 0 Å². The van der Waals surface area contributed by atoms with Gasteiger partial charge in [0.25, 0.3) is 8.32 Å². The highest BCUT2D eigenvalue weighted by molar-refractivity contribution is 6.99. The van der Waals surface area contributed by atoms with Gasteiger partial charge >= 0.3 is 5.69 Å². The molecule has 1 N–H and O–H groups in total. The fourth-order valence-corrected chi connectivity index (χ4v) is 12.2. The van der Waals surface area contributed by atoms with E-state index in [0.717, 1.165) is 28.6 Å². The number of hydrogen-bond acceptors (Lipinski definition) is 5. The van der Waals surface area contributed by atoms with E-state index in [1.54, 1.807) is 33.8 Å². The minimum atomic E-state index is -2.84. The van der Waals surface area contributed by atoms with Gasteiger partial charge in [-0.3, -0.25) is 9.13 Å². The third-order valence-corrected chi connectivity index (χ3v) is 14.8. The summed E-state index contributed by atoms with van der Waals surface area (Å²) in [6, 6.07) is 34.9. The fourth-order valence-electron chi connectivity index (χ4n) is 7.56. The van der Waals surface area contributed by atoms with Crippen molar-refractivity contribution < 1.29 is 4.43 Å². The summed E-state index contributed by atoms with van der Waals surface area (Å²) in [6.07, 6.45) is 4.54. The van der Waals surface area contributed by atoms with E-state index < -0.39 is 8.32 Å². The molecule has 0 radical (unpaired) electrons. The van der Waals surface area contributed by atoms with Crippen molar-refractivity contribution in [2.45, 2.75) is 50.8 Å². The van der Waals surface area contributed by atoms with E-state index in [0.29, 0.717) is 29.2 Å². The number of aromatic amines is 1. The van der Waals surface area contributed by atoms with Crippen LogP contribution >= 0.6 is 0 Å². The van der Waals surface area contributed by atoms with Crippen molar-refractivity contribution in [1.82, 2.24) is 29.1 Å². The first-order valence-electron chi connectivity index (χ1n) is 16.5. The van der Waals surface area contributed by atoms with E-state index in [-0.39, 0.29) is 22.9 Å². The Labute approximate surface area is 284 Å². The van der Waals surface area contributed by atoms with Gasteiger partial charge in [-0.2, -0.15) is 4.98 Å². The Hall–Kier alpha value is -5.63. The molecule has 0 bridgehead atoms. The number of aromatic nitrogens is 6. The lowest BCUT2D eigenvalue weighted by Gasteiger charge is -2.46. The highest BCUT2D eigenvalue weighted by atomic mass is 28.4. The molecule has 0 saturated heterocycles. The van der Waals surface area contributed by atoms with Crippen LogP contribution in [0.2, 0.25) is 5.04 Å². The van der Waals surface area contributed by atoms with Gasteiger partial charge in [0.15, 0.2) is 11.3 Å². The third kappa shape index (κ3) is 5.01. The van der Waals surface area contributed by atoms with E-state index in [1.807, 2.05) is 12.1 Å². The van der Waals surface area contributed by atoms with Crippen molar-refractivity contribution in [2.24, 2.45) is 0 Å². The molecule has 1 aliphatic carbocycles. The molecule has 0 saturated carbocycles. The Balaban J connectivity index is 1.23. The van der Waals surface area contributed by atoms with Gasteiger partial charge < -0.3 is 9.41 Å². The Bertz CT molecular complexity index is 2380. The van der Waals surface area contributed by atoms with Crippen LogP contribution < -0.4 is 16.1 Å². The van der Waals surface area contributed by atoms with Gasteiger partial charge in [-0.1, -0.05) is 112 Å². The van der Waals surface area contributed by atoms with Gasteiger partial charge in [-0.25, -0.2) is 19.6 Å².